The third kappa shape index (κ3) is 3.35. The lowest BCUT2D eigenvalue weighted by Crippen LogP contribution is -2.57. The van der Waals surface area contributed by atoms with Gasteiger partial charge in [0.25, 0.3) is 5.91 Å². The topological polar surface area (TPSA) is 60.9 Å². The lowest BCUT2D eigenvalue weighted by Gasteiger charge is -2.36. The Bertz CT molecular complexity index is 613. The number of halogens is 1. The highest BCUT2D eigenvalue weighted by Crippen LogP contribution is 2.44. The van der Waals surface area contributed by atoms with Crippen LogP contribution >= 0.6 is 24.2 Å². The fraction of sp³-hybridized carbons (Fsp3) is 0.529. The van der Waals surface area contributed by atoms with Gasteiger partial charge in [0.15, 0.2) is 4.87 Å². The molecule has 7 heteroatoms. The minimum atomic E-state index is -1.56. The predicted octanol–water partition coefficient (Wildman–Crippen LogP) is 3.14. The molecule has 1 aliphatic rings. The van der Waals surface area contributed by atoms with Crippen LogP contribution in [-0.2, 0) is 11.3 Å². The molecular weight excluding hydrogens is 348 g/mol. The monoisotopic (exact) mass is 370 g/mol. The Morgan fingerprint density at radius 3 is 2.50 bits per heavy atom. The number of hydrogen-bond donors (Lipinski definition) is 2. The second-order valence-electron chi connectivity index (χ2n) is 6.58. The molecule has 0 spiro atoms. The Kier molecular flexibility index (Phi) is 5.71. The van der Waals surface area contributed by atoms with E-state index in [4.69, 9.17) is 11.6 Å². The van der Waals surface area contributed by atoms with Crippen molar-refractivity contribution in [3.8, 4) is 0 Å². The van der Waals surface area contributed by atoms with Gasteiger partial charge in [-0.1, -0.05) is 44.2 Å². The Balaban J connectivity index is 2.27. The lowest BCUT2D eigenvalue weighted by molar-refractivity contribution is -0.136. The van der Waals surface area contributed by atoms with Crippen LogP contribution in [0.25, 0.3) is 0 Å². The van der Waals surface area contributed by atoms with Crippen LogP contribution in [0.5, 0.6) is 0 Å². The summed E-state index contributed by atoms with van der Waals surface area (Å²) in [6.07, 6.45) is -1.18. The Hall–Kier alpha value is -1.40. The van der Waals surface area contributed by atoms with Crippen LogP contribution in [-0.4, -0.2) is 50.7 Å². The minimum absolute atomic E-state index is 0.130. The molecule has 1 fully saturated rings. The van der Waals surface area contributed by atoms with Crippen LogP contribution in [0.2, 0.25) is 0 Å². The van der Waals surface area contributed by atoms with Gasteiger partial charge in [-0.25, -0.2) is 4.79 Å². The van der Waals surface area contributed by atoms with Crippen LogP contribution in [0, 0.1) is 11.8 Å². The van der Waals surface area contributed by atoms with E-state index < -0.39 is 22.2 Å². The van der Waals surface area contributed by atoms with Crippen molar-refractivity contribution in [2.75, 3.05) is 13.6 Å². The van der Waals surface area contributed by atoms with E-state index in [9.17, 15) is 14.7 Å². The quantitative estimate of drug-likeness (QED) is 0.632. The molecule has 2 amide bonds. The molecule has 0 aliphatic carbocycles. The van der Waals surface area contributed by atoms with Gasteiger partial charge in [0, 0.05) is 20.1 Å². The van der Waals surface area contributed by atoms with Crippen LogP contribution in [0.3, 0.4) is 0 Å². The largest absolute Gasteiger partial charge is 0.465 e. The summed E-state index contributed by atoms with van der Waals surface area (Å²) < 4.78 is 0. The molecule has 132 valence electrons. The number of nitrogens with zero attached hydrogens (tertiary/aromatic N) is 2. The number of rotatable bonds is 4. The minimum Gasteiger partial charge on any atom is -0.465 e. The van der Waals surface area contributed by atoms with Crippen LogP contribution < -0.4 is 0 Å². The third-order valence-corrected chi connectivity index (χ3v) is 6.08. The number of carbonyl (C=O) groups is 2. The van der Waals surface area contributed by atoms with Gasteiger partial charge in [-0.2, -0.15) is 0 Å². The van der Waals surface area contributed by atoms with Gasteiger partial charge < -0.3 is 10.0 Å². The molecule has 1 aromatic carbocycles. The summed E-state index contributed by atoms with van der Waals surface area (Å²) in [5.41, 5.74) is 0.955. The predicted molar refractivity (Wildman–Crippen MR) is 97.3 cm³/mol. The standard InChI is InChI=1S/C17H23ClN2O3S/c1-11(2)13-10-20(16(22)23)17(24,14(13)18)15(21)19(3)9-12-7-5-4-6-8-12/h4-8,11,13-14,24H,9-10H2,1-3H3,(H,22,23). The van der Waals surface area contributed by atoms with E-state index in [1.54, 1.807) is 7.05 Å². The molecule has 24 heavy (non-hydrogen) atoms. The average Bonchev–Trinajstić information content (AvgIpc) is 2.81. The van der Waals surface area contributed by atoms with E-state index in [0.29, 0.717) is 6.54 Å². The maximum absolute atomic E-state index is 13.0. The molecule has 1 aromatic rings. The number of thiol groups is 1. The lowest BCUT2D eigenvalue weighted by atomic mass is 9.92. The molecule has 0 aromatic heterocycles. The molecule has 2 rings (SSSR count). The molecule has 0 bridgehead atoms. The highest BCUT2D eigenvalue weighted by molar-refractivity contribution is 7.82. The van der Waals surface area contributed by atoms with Crippen molar-refractivity contribution in [1.82, 2.24) is 9.80 Å². The molecule has 1 saturated heterocycles. The highest BCUT2D eigenvalue weighted by Gasteiger charge is 2.59. The second kappa shape index (κ2) is 7.23. The first-order valence-corrected chi connectivity index (χ1v) is 8.74. The summed E-state index contributed by atoms with van der Waals surface area (Å²) in [5.74, 6) is -0.384. The highest BCUT2D eigenvalue weighted by atomic mass is 35.5. The fourth-order valence-electron chi connectivity index (χ4n) is 3.11. The van der Waals surface area contributed by atoms with Gasteiger partial charge in [0.1, 0.15) is 0 Å². The molecule has 0 saturated carbocycles. The Labute approximate surface area is 153 Å². The molecule has 5 nitrogen and oxygen atoms in total. The maximum Gasteiger partial charge on any atom is 0.408 e. The number of likely N-dealkylation sites (tertiary alicyclic amines) is 1. The fourth-order valence-corrected chi connectivity index (χ4v) is 4.22. The van der Waals surface area contributed by atoms with Crippen LogP contribution in [0.1, 0.15) is 19.4 Å². The zero-order valence-electron chi connectivity index (χ0n) is 14.0. The SMILES string of the molecule is CC(C)C1CN(C(=O)O)C(S)(C(=O)N(C)Cc2ccccc2)C1Cl. The summed E-state index contributed by atoms with van der Waals surface area (Å²) in [5, 5.41) is 8.84. The number of carbonyl (C=O) groups excluding carboxylic acids is 1. The summed E-state index contributed by atoms with van der Waals surface area (Å²) in [7, 11) is 1.64. The molecule has 0 radical (unpaired) electrons. The van der Waals surface area contributed by atoms with Gasteiger partial charge in [-0.15, -0.1) is 24.2 Å². The zero-order chi connectivity index (χ0) is 18.1. The van der Waals surface area contributed by atoms with Crippen molar-refractivity contribution in [3.63, 3.8) is 0 Å². The molecule has 1 heterocycles. The van der Waals surface area contributed by atoms with Crippen molar-refractivity contribution in [1.29, 1.82) is 0 Å². The van der Waals surface area contributed by atoms with E-state index in [2.05, 4.69) is 12.6 Å². The van der Waals surface area contributed by atoms with Gasteiger partial charge in [0.05, 0.1) is 5.38 Å². The van der Waals surface area contributed by atoms with Gasteiger partial charge >= 0.3 is 6.09 Å². The van der Waals surface area contributed by atoms with Crippen molar-refractivity contribution in [3.05, 3.63) is 35.9 Å². The van der Waals surface area contributed by atoms with Crippen LogP contribution in [0.4, 0.5) is 4.79 Å². The number of alkyl halides is 1. The molecule has 1 N–H and O–H groups in total. The molecule has 3 unspecified atom stereocenters. The first-order chi connectivity index (χ1) is 11.2. The van der Waals surface area contributed by atoms with E-state index >= 15 is 0 Å². The molecule has 3 atom stereocenters. The van der Waals surface area contributed by atoms with Crippen molar-refractivity contribution < 1.29 is 14.7 Å². The van der Waals surface area contributed by atoms with Crippen molar-refractivity contribution in [2.24, 2.45) is 11.8 Å². The van der Waals surface area contributed by atoms with Crippen LogP contribution in [0.15, 0.2) is 30.3 Å². The summed E-state index contributed by atoms with van der Waals surface area (Å²) in [6, 6.07) is 9.50. The Morgan fingerprint density at radius 1 is 1.42 bits per heavy atom. The smallest absolute Gasteiger partial charge is 0.408 e. The third-order valence-electron chi connectivity index (χ3n) is 4.58. The second-order valence-corrected chi connectivity index (χ2v) is 7.73. The Morgan fingerprint density at radius 2 is 2.00 bits per heavy atom. The first kappa shape index (κ1) is 18.9. The van der Waals surface area contributed by atoms with E-state index in [0.717, 1.165) is 10.5 Å². The van der Waals surface area contributed by atoms with E-state index in [-0.39, 0.29) is 18.4 Å². The number of hydrogen-bond acceptors (Lipinski definition) is 3. The van der Waals surface area contributed by atoms with Gasteiger partial charge in [-0.05, 0) is 17.4 Å². The summed E-state index contributed by atoms with van der Waals surface area (Å²) in [6.45, 7) is 4.51. The number of benzene rings is 1. The van der Waals surface area contributed by atoms with Crippen molar-refractivity contribution in [2.45, 2.75) is 30.6 Å². The summed E-state index contributed by atoms with van der Waals surface area (Å²) >= 11 is 11.0. The van der Waals surface area contributed by atoms with Gasteiger partial charge in [0.2, 0.25) is 0 Å². The zero-order valence-corrected chi connectivity index (χ0v) is 15.7. The summed E-state index contributed by atoms with van der Waals surface area (Å²) in [4.78, 5) is 25.7. The maximum atomic E-state index is 13.0. The van der Waals surface area contributed by atoms with Gasteiger partial charge in [-0.3, -0.25) is 9.69 Å². The molecule has 1 aliphatic heterocycles. The average molecular weight is 371 g/mol. The number of carboxylic acid groups (broad SMARTS) is 1. The molecular formula is C17H23ClN2O3S. The van der Waals surface area contributed by atoms with Crippen molar-refractivity contribution >= 4 is 36.2 Å². The normalized spacial score (nSPS) is 26.7. The first-order valence-electron chi connectivity index (χ1n) is 7.86. The number of amides is 2. The number of likely N-dealkylation sites (N-methyl/N-ethyl adjacent to an activating group) is 1. The van der Waals surface area contributed by atoms with E-state index in [1.165, 1.54) is 4.90 Å². The van der Waals surface area contributed by atoms with E-state index in [1.807, 2.05) is 44.2 Å².